The molecule has 1 atom stereocenters. The highest BCUT2D eigenvalue weighted by Gasteiger charge is 2.25. The summed E-state index contributed by atoms with van der Waals surface area (Å²) >= 11 is 0. The van der Waals surface area contributed by atoms with Gasteiger partial charge in [0.15, 0.2) is 0 Å². The lowest BCUT2D eigenvalue weighted by Gasteiger charge is -2.25. The monoisotopic (exact) mass is 232 g/mol. The smallest absolute Gasteiger partial charge is 0.227 e. The van der Waals surface area contributed by atoms with Crippen LogP contribution in [0.3, 0.4) is 0 Å². The van der Waals surface area contributed by atoms with Crippen molar-refractivity contribution in [3.05, 3.63) is 29.3 Å². The highest BCUT2D eigenvalue weighted by Crippen LogP contribution is 2.29. The van der Waals surface area contributed by atoms with Gasteiger partial charge in [-0.3, -0.25) is 4.79 Å². The summed E-state index contributed by atoms with van der Waals surface area (Å²) in [7, 11) is 0. The predicted molar refractivity (Wildman–Crippen MR) is 70.0 cm³/mol. The van der Waals surface area contributed by atoms with E-state index in [-0.39, 0.29) is 11.8 Å². The number of amides is 1. The van der Waals surface area contributed by atoms with Gasteiger partial charge < -0.3 is 11.1 Å². The van der Waals surface area contributed by atoms with Crippen LogP contribution < -0.4 is 11.1 Å². The van der Waals surface area contributed by atoms with Crippen molar-refractivity contribution in [1.29, 1.82) is 0 Å². The maximum Gasteiger partial charge on any atom is 0.227 e. The van der Waals surface area contributed by atoms with E-state index in [2.05, 4.69) is 31.3 Å². The molecule has 17 heavy (non-hydrogen) atoms. The molecule has 1 amide bonds. The Morgan fingerprint density at radius 1 is 1.47 bits per heavy atom. The summed E-state index contributed by atoms with van der Waals surface area (Å²) in [4.78, 5) is 11.8. The maximum atomic E-state index is 11.8. The number of benzene rings is 1. The van der Waals surface area contributed by atoms with Crippen molar-refractivity contribution >= 4 is 11.6 Å². The van der Waals surface area contributed by atoms with Crippen LogP contribution >= 0.6 is 0 Å². The summed E-state index contributed by atoms with van der Waals surface area (Å²) in [5.41, 5.74) is 9.08. The fourth-order valence-corrected chi connectivity index (χ4v) is 2.29. The van der Waals surface area contributed by atoms with Crippen molar-refractivity contribution in [2.75, 3.05) is 11.9 Å². The number of nitrogens with one attached hydrogen (secondary N) is 1. The minimum absolute atomic E-state index is 0.0370. The molecule has 1 aliphatic heterocycles. The summed E-state index contributed by atoms with van der Waals surface area (Å²) in [6.07, 6.45) is 1.58. The molecule has 3 N–H and O–H groups in total. The highest BCUT2D eigenvalue weighted by atomic mass is 16.1. The van der Waals surface area contributed by atoms with Crippen molar-refractivity contribution in [2.45, 2.75) is 32.6 Å². The molecule has 1 unspecified atom stereocenters. The Hall–Kier alpha value is -1.35. The number of fused-ring (bicyclic) bond motifs is 1. The van der Waals surface area contributed by atoms with Gasteiger partial charge in [0.05, 0.1) is 0 Å². The van der Waals surface area contributed by atoms with Crippen LogP contribution in [0.2, 0.25) is 0 Å². The summed E-state index contributed by atoms with van der Waals surface area (Å²) < 4.78 is 0. The topological polar surface area (TPSA) is 55.1 Å². The molecular formula is C14H20N2O. The van der Waals surface area contributed by atoms with E-state index in [1.165, 1.54) is 11.1 Å². The van der Waals surface area contributed by atoms with Gasteiger partial charge in [-0.15, -0.1) is 0 Å². The first-order valence-electron chi connectivity index (χ1n) is 6.25. The Labute approximate surface area is 102 Å². The molecule has 1 aromatic rings. The molecule has 0 aliphatic carbocycles. The zero-order chi connectivity index (χ0) is 12.4. The molecule has 3 nitrogen and oxygen atoms in total. The molecular weight excluding hydrogens is 212 g/mol. The largest absolute Gasteiger partial charge is 0.330 e. The lowest BCUT2D eigenvalue weighted by Crippen LogP contribution is -2.31. The molecule has 0 radical (unpaired) electrons. The van der Waals surface area contributed by atoms with Crippen molar-refractivity contribution < 1.29 is 4.79 Å². The molecule has 0 saturated carbocycles. The van der Waals surface area contributed by atoms with E-state index < -0.39 is 0 Å². The maximum absolute atomic E-state index is 11.8. The molecule has 0 fully saturated rings. The molecule has 1 heterocycles. The zero-order valence-corrected chi connectivity index (χ0v) is 10.5. The van der Waals surface area contributed by atoms with E-state index in [9.17, 15) is 4.79 Å². The van der Waals surface area contributed by atoms with Crippen molar-refractivity contribution in [3.8, 4) is 0 Å². The molecule has 1 aliphatic rings. The lowest BCUT2D eigenvalue weighted by atomic mass is 9.88. The number of carbonyl (C=O) groups is 1. The third-order valence-corrected chi connectivity index (χ3v) is 3.41. The molecule has 3 heteroatoms. The van der Waals surface area contributed by atoms with Crippen molar-refractivity contribution in [1.82, 2.24) is 0 Å². The van der Waals surface area contributed by atoms with Crippen molar-refractivity contribution in [2.24, 2.45) is 11.7 Å². The third-order valence-electron chi connectivity index (χ3n) is 3.41. The first-order chi connectivity index (χ1) is 8.11. The number of anilines is 1. The SMILES string of the molecule is CC(C)c1ccc2c(c1)CC(CCN)C(=O)N2. The first kappa shape index (κ1) is 12.1. The number of hydrogen-bond acceptors (Lipinski definition) is 2. The highest BCUT2D eigenvalue weighted by molar-refractivity contribution is 5.95. The average Bonchev–Trinajstić information content (AvgIpc) is 2.29. The predicted octanol–water partition coefficient (Wildman–Crippen LogP) is 2.27. The molecule has 0 bridgehead atoms. The Morgan fingerprint density at radius 3 is 2.88 bits per heavy atom. The number of nitrogens with two attached hydrogens (primary N) is 1. The van der Waals surface area contributed by atoms with Crippen LogP contribution in [0.15, 0.2) is 18.2 Å². The van der Waals surface area contributed by atoms with E-state index in [0.29, 0.717) is 12.5 Å². The number of carbonyl (C=O) groups excluding carboxylic acids is 1. The summed E-state index contributed by atoms with van der Waals surface area (Å²) in [5.74, 6) is 0.668. The molecule has 0 aromatic heterocycles. The van der Waals surface area contributed by atoms with E-state index >= 15 is 0 Å². The number of hydrogen-bond donors (Lipinski definition) is 2. The molecule has 1 aromatic carbocycles. The Morgan fingerprint density at radius 2 is 2.24 bits per heavy atom. The number of rotatable bonds is 3. The normalized spacial score (nSPS) is 19.1. The van der Waals surface area contributed by atoms with Gasteiger partial charge >= 0.3 is 0 Å². The quantitative estimate of drug-likeness (QED) is 0.840. The Balaban J connectivity index is 2.27. The van der Waals surface area contributed by atoms with E-state index in [0.717, 1.165) is 18.5 Å². The van der Waals surface area contributed by atoms with E-state index in [1.54, 1.807) is 0 Å². The fourth-order valence-electron chi connectivity index (χ4n) is 2.29. The summed E-state index contributed by atoms with van der Waals surface area (Å²) in [6, 6.07) is 6.32. The van der Waals surface area contributed by atoms with Gasteiger partial charge in [0.2, 0.25) is 5.91 Å². The van der Waals surface area contributed by atoms with Gasteiger partial charge in [0, 0.05) is 11.6 Å². The zero-order valence-electron chi connectivity index (χ0n) is 10.5. The molecule has 92 valence electrons. The van der Waals surface area contributed by atoms with Crippen LogP contribution in [0.25, 0.3) is 0 Å². The second-order valence-corrected chi connectivity index (χ2v) is 5.04. The minimum Gasteiger partial charge on any atom is -0.330 e. The average molecular weight is 232 g/mol. The van der Waals surface area contributed by atoms with Crippen LogP contribution in [-0.2, 0) is 11.2 Å². The summed E-state index contributed by atoms with van der Waals surface area (Å²) in [5, 5.41) is 2.97. The van der Waals surface area contributed by atoms with Crippen LogP contribution in [0.4, 0.5) is 5.69 Å². The van der Waals surface area contributed by atoms with E-state index in [1.807, 2.05) is 6.07 Å². The second-order valence-electron chi connectivity index (χ2n) is 5.04. The first-order valence-corrected chi connectivity index (χ1v) is 6.25. The van der Waals surface area contributed by atoms with Gasteiger partial charge in [-0.25, -0.2) is 0 Å². The van der Waals surface area contributed by atoms with Crippen LogP contribution in [0.1, 0.15) is 37.3 Å². The lowest BCUT2D eigenvalue weighted by molar-refractivity contribution is -0.120. The third kappa shape index (κ3) is 2.50. The van der Waals surface area contributed by atoms with E-state index in [4.69, 9.17) is 5.73 Å². The van der Waals surface area contributed by atoms with Crippen LogP contribution in [0, 0.1) is 5.92 Å². The molecule has 0 spiro atoms. The van der Waals surface area contributed by atoms with Gasteiger partial charge in [-0.1, -0.05) is 26.0 Å². The van der Waals surface area contributed by atoms with Gasteiger partial charge in [0.1, 0.15) is 0 Å². The Kier molecular flexibility index (Phi) is 3.48. The van der Waals surface area contributed by atoms with Gasteiger partial charge in [-0.05, 0) is 42.5 Å². The second kappa shape index (κ2) is 4.88. The Bertz CT molecular complexity index is 426. The molecule has 0 saturated heterocycles. The van der Waals surface area contributed by atoms with Gasteiger partial charge in [-0.2, -0.15) is 0 Å². The standard InChI is InChI=1S/C14H20N2O/c1-9(2)10-3-4-13-12(7-10)8-11(5-6-15)14(17)16-13/h3-4,7,9,11H,5-6,8,15H2,1-2H3,(H,16,17). The van der Waals surface area contributed by atoms with Crippen LogP contribution in [-0.4, -0.2) is 12.5 Å². The summed E-state index contributed by atoms with van der Waals surface area (Å²) in [6.45, 7) is 4.93. The molecule has 2 rings (SSSR count). The van der Waals surface area contributed by atoms with Gasteiger partial charge in [0.25, 0.3) is 0 Å². The fraction of sp³-hybridized carbons (Fsp3) is 0.500. The van der Waals surface area contributed by atoms with Crippen LogP contribution in [0.5, 0.6) is 0 Å². The van der Waals surface area contributed by atoms with Crippen molar-refractivity contribution in [3.63, 3.8) is 0 Å². The minimum atomic E-state index is 0.0370.